The van der Waals surface area contributed by atoms with E-state index in [9.17, 15) is 14.9 Å². The van der Waals surface area contributed by atoms with Gasteiger partial charge in [0.05, 0.1) is 30.2 Å². The van der Waals surface area contributed by atoms with Crippen LogP contribution >= 0.6 is 0 Å². The van der Waals surface area contributed by atoms with Crippen LogP contribution in [0.15, 0.2) is 24.3 Å². The quantitative estimate of drug-likeness (QED) is 0.550. The lowest BCUT2D eigenvalue weighted by atomic mass is 10.00. The topological polar surface area (TPSA) is 93.9 Å². The molecule has 2 rings (SSSR count). The number of nitro benzene ring substituents is 1. The molecule has 1 N–H and O–H groups in total. The molecule has 2 unspecified atom stereocenters. The summed E-state index contributed by atoms with van der Waals surface area (Å²) in [6.07, 6.45) is 0.584. The summed E-state index contributed by atoms with van der Waals surface area (Å²) in [5, 5.41) is 13.6. The Kier molecular flexibility index (Phi) is 7.15. The molecule has 0 spiro atoms. The number of ether oxygens (including phenoxy) is 2. The summed E-state index contributed by atoms with van der Waals surface area (Å²) in [4.78, 5) is 24.6. The Morgan fingerprint density at radius 2 is 1.89 bits per heavy atom. The van der Waals surface area contributed by atoms with Gasteiger partial charge in [-0.15, -0.1) is 0 Å². The lowest BCUT2D eigenvalue weighted by molar-refractivity contribution is -0.384. The van der Waals surface area contributed by atoms with Crippen LogP contribution in [0.25, 0.3) is 0 Å². The summed E-state index contributed by atoms with van der Waals surface area (Å²) in [6.45, 7) is 10.8. The first kappa shape index (κ1) is 21.1. The van der Waals surface area contributed by atoms with Crippen molar-refractivity contribution < 1.29 is 19.2 Å². The van der Waals surface area contributed by atoms with Crippen LogP contribution in [0.4, 0.5) is 5.69 Å². The lowest BCUT2D eigenvalue weighted by Gasteiger charge is -2.45. The minimum absolute atomic E-state index is 0.00840. The molecular weight excluding hydrogens is 350 g/mol. The van der Waals surface area contributed by atoms with Crippen LogP contribution in [0.3, 0.4) is 0 Å². The Bertz CT molecular complexity index is 637. The summed E-state index contributed by atoms with van der Waals surface area (Å²) < 4.78 is 11.2. The largest absolute Gasteiger partial charge is 0.493 e. The van der Waals surface area contributed by atoms with Gasteiger partial charge in [-0.05, 0) is 39.8 Å². The highest BCUT2D eigenvalue weighted by Crippen LogP contribution is 2.21. The lowest BCUT2D eigenvalue weighted by Crippen LogP contribution is -2.58. The van der Waals surface area contributed by atoms with Gasteiger partial charge in [0.1, 0.15) is 5.75 Å². The standard InChI is InChI=1S/C19H29N3O5/c1-14-11-21(12-15(2)27-14)19(3,4)13-20-18(23)9-10-26-17-7-5-16(6-8-17)22(24)25/h5-8,14-15H,9-13H2,1-4H3,(H,20,23). The zero-order chi connectivity index (χ0) is 20.0. The van der Waals surface area contributed by atoms with E-state index in [1.54, 1.807) is 0 Å². The van der Waals surface area contributed by atoms with Gasteiger partial charge in [0.25, 0.3) is 5.69 Å². The molecular formula is C19H29N3O5. The number of rotatable bonds is 8. The Balaban J connectivity index is 1.72. The van der Waals surface area contributed by atoms with E-state index in [0.717, 1.165) is 13.1 Å². The van der Waals surface area contributed by atoms with E-state index in [-0.39, 0.29) is 42.4 Å². The fraction of sp³-hybridized carbons (Fsp3) is 0.632. The summed E-state index contributed by atoms with van der Waals surface area (Å²) in [5.74, 6) is 0.421. The smallest absolute Gasteiger partial charge is 0.269 e. The molecule has 0 aliphatic carbocycles. The predicted molar refractivity (Wildman–Crippen MR) is 102 cm³/mol. The second-order valence-electron chi connectivity index (χ2n) is 7.60. The first-order valence-electron chi connectivity index (χ1n) is 9.22. The first-order chi connectivity index (χ1) is 12.7. The number of nitro groups is 1. The average molecular weight is 379 g/mol. The van der Waals surface area contributed by atoms with Crippen molar-refractivity contribution in [3.8, 4) is 5.75 Å². The molecule has 1 aromatic carbocycles. The molecule has 1 heterocycles. The minimum Gasteiger partial charge on any atom is -0.493 e. The highest BCUT2D eigenvalue weighted by molar-refractivity contribution is 5.76. The second-order valence-corrected chi connectivity index (χ2v) is 7.60. The van der Waals surface area contributed by atoms with Crippen LogP contribution in [0.1, 0.15) is 34.1 Å². The molecule has 2 atom stereocenters. The molecule has 1 fully saturated rings. The molecule has 1 saturated heterocycles. The van der Waals surface area contributed by atoms with Crippen molar-refractivity contribution in [1.82, 2.24) is 10.2 Å². The normalized spacial score (nSPS) is 20.9. The van der Waals surface area contributed by atoms with Crippen molar-refractivity contribution in [2.24, 2.45) is 0 Å². The van der Waals surface area contributed by atoms with E-state index in [0.29, 0.717) is 12.3 Å². The van der Waals surface area contributed by atoms with Crippen LogP contribution in [-0.4, -0.2) is 59.7 Å². The number of non-ortho nitro benzene ring substituents is 1. The third kappa shape index (κ3) is 6.48. The molecule has 0 bridgehead atoms. The molecule has 1 aliphatic rings. The van der Waals surface area contributed by atoms with Gasteiger partial charge in [-0.2, -0.15) is 0 Å². The third-order valence-electron chi connectivity index (χ3n) is 4.64. The van der Waals surface area contributed by atoms with Crippen molar-refractivity contribution in [1.29, 1.82) is 0 Å². The maximum atomic E-state index is 12.1. The van der Waals surface area contributed by atoms with Gasteiger partial charge in [-0.25, -0.2) is 0 Å². The molecule has 1 amide bonds. The van der Waals surface area contributed by atoms with E-state index in [1.165, 1.54) is 24.3 Å². The molecule has 1 aromatic rings. The van der Waals surface area contributed by atoms with Gasteiger partial charge < -0.3 is 14.8 Å². The number of nitrogens with one attached hydrogen (secondary N) is 1. The van der Waals surface area contributed by atoms with Crippen LogP contribution in [0.2, 0.25) is 0 Å². The SMILES string of the molecule is CC1CN(C(C)(C)CNC(=O)CCOc2ccc([N+](=O)[O-])cc2)CC(C)O1. The number of amides is 1. The van der Waals surface area contributed by atoms with Crippen molar-refractivity contribution in [3.05, 3.63) is 34.4 Å². The van der Waals surface area contributed by atoms with Crippen LogP contribution in [0.5, 0.6) is 5.75 Å². The highest BCUT2D eigenvalue weighted by atomic mass is 16.6. The molecule has 1 aliphatic heterocycles. The van der Waals surface area contributed by atoms with E-state index in [1.807, 2.05) is 0 Å². The van der Waals surface area contributed by atoms with Gasteiger partial charge in [0.15, 0.2) is 0 Å². The van der Waals surface area contributed by atoms with Gasteiger partial charge >= 0.3 is 0 Å². The Labute approximate surface area is 160 Å². The molecule has 150 valence electrons. The maximum Gasteiger partial charge on any atom is 0.269 e. The highest BCUT2D eigenvalue weighted by Gasteiger charge is 2.33. The summed E-state index contributed by atoms with van der Waals surface area (Å²) >= 11 is 0. The van der Waals surface area contributed by atoms with E-state index < -0.39 is 4.92 Å². The van der Waals surface area contributed by atoms with Crippen LogP contribution in [0, 0.1) is 10.1 Å². The van der Waals surface area contributed by atoms with Crippen molar-refractivity contribution in [3.63, 3.8) is 0 Å². The van der Waals surface area contributed by atoms with Crippen LogP contribution < -0.4 is 10.1 Å². The molecule has 8 heteroatoms. The van der Waals surface area contributed by atoms with Crippen molar-refractivity contribution >= 4 is 11.6 Å². The summed E-state index contributed by atoms with van der Waals surface area (Å²) in [7, 11) is 0. The van der Waals surface area contributed by atoms with E-state index in [4.69, 9.17) is 9.47 Å². The third-order valence-corrected chi connectivity index (χ3v) is 4.64. The molecule has 0 saturated carbocycles. The molecule has 27 heavy (non-hydrogen) atoms. The number of hydrogen-bond acceptors (Lipinski definition) is 6. The Morgan fingerprint density at radius 1 is 1.30 bits per heavy atom. The number of nitrogens with zero attached hydrogens (tertiary/aromatic N) is 2. The van der Waals surface area contributed by atoms with Crippen molar-refractivity contribution in [2.45, 2.75) is 51.9 Å². The number of morpholine rings is 1. The number of benzene rings is 1. The molecule has 0 aromatic heterocycles. The summed E-state index contributed by atoms with van der Waals surface area (Å²) in [5.41, 5.74) is -0.157. The molecule has 8 nitrogen and oxygen atoms in total. The molecule has 0 radical (unpaired) electrons. The zero-order valence-corrected chi connectivity index (χ0v) is 16.4. The first-order valence-corrected chi connectivity index (χ1v) is 9.22. The van der Waals surface area contributed by atoms with Gasteiger partial charge in [0.2, 0.25) is 5.91 Å². The monoisotopic (exact) mass is 379 g/mol. The van der Waals surface area contributed by atoms with Crippen molar-refractivity contribution in [2.75, 3.05) is 26.2 Å². The van der Waals surface area contributed by atoms with E-state index >= 15 is 0 Å². The average Bonchev–Trinajstić information content (AvgIpc) is 2.60. The Morgan fingerprint density at radius 3 is 2.44 bits per heavy atom. The number of carbonyl (C=O) groups is 1. The fourth-order valence-electron chi connectivity index (χ4n) is 3.11. The second kappa shape index (κ2) is 9.14. The number of hydrogen-bond donors (Lipinski definition) is 1. The van der Waals surface area contributed by atoms with Gasteiger partial charge in [-0.3, -0.25) is 19.8 Å². The predicted octanol–water partition coefficient (Wildman–Crippen LogP) is 2.37. The Hall–Kier alpha value is -2.19. The number of carbonyl (C=O) groups excluding carboxylic acids is 1. The van der Waals surface area contributed by atoms with Gasteiger partial charge in [-0.1, -0.05) is 0 Å². The van der Waals surface area contributed by atoms with E-state index in [2.05, 4.69) is 37.9 Å². The zero-order valence-electron chi connectivity index (χ0n) is 16.4. The van der Waals surface area contributed by atoms with Gasteiger partial charge in [0, 0.05) is 37.3 Å². The fourth-order valence-corrected chi connectivity index (χ4v) is 3.11. The van der Waals surface area contributed by atoms with Crippen LogP contribution in [-0.2, 0) is 9.53 Å². The minimum atomic E-state index is -0.463. The summed E-state index contributed by atoms with van der Waals surface area (Å²) in [6, 6.07) is 5.81. The maximum absolute atomic E-state index is 12.1.